The Balaban J connectivity index is 0.00000199. The van der Waals surface area contributed by atoms with Crippen LogP contribution in [0.1, 0.15) is 26.3 Å². The van der Waals surface area contributed by atoms with Gasteiger partial charge in [-0.05, 0) is 26.3 Å². The Morgan fingerprint density at radius 2 is 1.82 bits per heavy atom. The fourth-order valence-corrected chi connectivity index (χ4v) is 3.92. The summed E-state index contributed by atoms with van der Waals surface area (Å²) in [6.07, 6.45) is 0. The number of benzene rings is 1. The van der Waals surface area contributed by atoms with Crippen LogP contribution >= 0.6 is 37.2 Å². The Bertz CT molecular complexity index is 911. The first-order chi connectivity index (χ1) is 15.9. The molecule has 2 atom stereocenters. The molecule has 1 aromatic rings. The zero-order valence-corrected chi connectivity index (χ0v) is 24.0. The number of urea groups is 1. The molecule has 0 saturated carbocycles. The summed E-state index contributed by atoms with van der Waals surface area (Å²) in [5.41, 5.74) is 4.51. The van der Waals surface area contributed by atoms with E-state index >= 15 is 0 Å². The predicted octanol–water partition coefficient (Wildman–Crippen LogP) is 1.69. The number of amides is 5. The van der Waals surface area contributed by atoms with E-state index in [0.29, 0.717) is 0 Å². The van der Waals surface area contributed by atoms with Crippen LogP contribution in [0.15, 0.2) is 30.3 Å². The zero-order chi connectivity index (χ0) is 25.7. The second-order valence-electron chi connectivity index (χ2n) is 9.08. The first-order valence-corrected chi connectivity index (χ1v) is 17.0. The van der Waals surface area contributed by atoms with Crippen LogP contribution in [0.25, 0.3) is 0 Å². The average molecular weight is 699 g/mol. The molecule has 5 amide bonds. The summed E-state index contributed by atoms with van der Waals surface area (Å²) in [6.45, 7) is 5.48. The normalized spacial score (nSPS) is 21.0. The highest BCUT2D eigenvalue weighted by atomic mass is 128. The number of imide groups is 1. The Morgan fingerprint density at radius 1 is 1.21 bits per heavy atom. The van der Waals surface area contributed by atoms with Gasteiger partial charge in [0.05, 0.1) is 25.3 Å². The summed E-state index contributed by atoms with van der Waals surface area (Å²) in [5, 5.41) is 2.69. The minimum Gasteiger partial charge on any atom is -0.374 e. The number of ether oxygens (including phenoxy) is 1. The third-order valence-corrected chi connectivity index (χ3v) is 5.87. The highest BCUT2D eigenvalue weighted by Gasteiger charge is 2.56. The van der Waals surface area contributed by atoms with Gasteiger partial charge in [-0.1, -0.05) is 30.3 Å². The van der Waals surface area contributed by atoms with Gasteiger partial charge in [0, 0.05) is 57.4 Å². The first-order valence-electron chi connectivity index (χ1n) is 10.7. The van der Waals surface area contributed by atoms with Gasteiger partial charge < -0.3 is 25.6 Å². The zero-order valence-electron chi connectivity index (χ0n) is 19.7. The second kappa shape index (κ2) is 11.9. The third-order valence-electron chi connectivity index (χ3n) is 5.87. The van der Waals surface area contributed by atoms with Gasteiger partial charge in [-0.25, -0.2) is 4.79 Å². The predicted molar refractivity (Wildman–Crippen MR) is 144 cm³/mol. The molecule has 0 aliphatic carbocycles. The monoisotopic (exact) mass is 699 g/mol. The van der Waals surface area contributed by atoms with Gasteiger partial charge in [0.2, 0.25) is 11.8 Å². The van der Waals surface area contributed by atoms with Crippen molar-refractivity contribution in [3.63, 3.8) is 0 Å². The van der Waals surface area contributed by atoms with Crippen molar-refractivity contribution < 1.29 is 23.9 Å². The summed E-state index contributed by atoms with van der Waals surface area (Å²) in [4.78, 5) is 54.9. The maximum absolute atomic E-state index is 13.4. The number of carbonyl (C=O) groups is 4. The van der Waals surface area contributed by atoms with E-state index in [4.69, 9.17) is 10.5 Å². The molecule has 2 saturated heterocycles. The van der Waals surface area contributed by atoms with Crippen LogP contribution in [0.4, 0.5) is 4.79 Å². The summed E-state index contributed by atoms with van der Waals surface area (Å²) < 4.78 is 5.73. The van der Waals surface area contributed by atoms with Gasteiger partial charge in [-0.15, -0.1) is 0 Å². The van der Waals surface area contributed by atoms with Crippen molar-refractivity contribution in [2.45, 2.75) is 44.5 Å². The number of halogens is 2. The molecule has 34 heavy (non-hydrogen) atoms. The van der Waals surface area contributed by atoms with E-state index in [1.807, 2.05) is 30.3 Å². The van der Waals surface area contributed by atoms with Crippen molar-refractivity contribution in [3.05, 3.63) is 35.9 Å². The fourth-order valence-electron chi connectivity index (χ4n) is 3.92. The number of hydrogen-bond acceptors (Lipinski definition) is 6. The van der Waals surface area contributed by atoms with E-state index in [1.54, 1.807) is 20.8 Å². The van der Waals surface area contributed by atoms with Crippen molar-refractivity contribution in [2.75, 3.05) is 33.3 Å². The molecular formula is C22H31I2N5O5. The van der Waals surface area contributed by atoms with Crippen LogP contribution in [0.5, 0.6) is 0 Å². The molecule has 0 spiro atoms. The highest BCUT2D eigenvalue weighted by molar-refractivity contribution is 15.0. The second-order valence-corrected chi connectivity index (χ2v) is 9.08. The van der Waals surface area contributed by atoms with Crippen LogP contribution in [0.2, 0.25) is 0 Å². The van der Waals surface area contributed by atoms with E-state index in [2.05, 4.69) is 42.5 Å². The molecule has 2 fully saturated rings. The number of likely N-dealkylation sites (N-methyl/N-ethyl adjacent to an activating group) is 1. The minimum atomic E-state index is -1.18. The Labute approximate surface area is 223 Å². The van der Waals surface area contributed by atoms with Crippen LogP contribution in [-0.2, 0) is 25.7 Å². The molecule has 12 heteroatoms. The molecule has 0 bridgehead atoms. The summed E-state index contributed by atoms with van der Waals surface area (Å²) in [5.74, 6) is -1.23. The van der Waals surface area contributed by atoms with Crippen molar-refractivity contribution in [1.82, 2.24) is 20.0 Å². The summed E-state index contributed by atoms with van der Waals surface area (Å²) >= 11 is 4.24. The van der Waals surface area contributed by atoms with Crippen LogP contribution in [0, 0.1) is 0 Å². The van der Waals surface area contributed by atoms with E-state index < -0.39 is 23.0 Å². The van der Waals surface area contributed by atoms with Gasteiger partial charge in [0.1, 0.15) is 11.6 Å². The molecule has 1 aromatic carbocycles. The van der Waals surface area contributed by atoms with Gasteiger partial charge in [0.25, 0.3) is 5.91 Å². The van der Waals surface area contributed by atoms with Crippen LogP contribution in [0.3, 0.4) is 0 Å². The molecule has 3 N–H and O–H groups in total. The van der Waals surface area contributed by atoms with Crippen molar-refractivity contribution >= 4 is 61.0 Å². The lowest BCUT2D eigenvalue weighted by Crippen LogP contribution is -2.65. The molecule has 2 aliphatic heterocycles. The van der Waals surface area contributed by atoms with Crippen LogP contribution < -0.4 is 11.1 Å². The Kier molecular flexibility index (Phi) is 10.1. The van der Waals surface area contributed by atoms with E-state index in [1.165, 1.54) is 16.8 Å². The van der Waals surface area contributed by atoms with Gasteiger partial charge in [0.15, 0.2) is 0 Å². The van der Waals surface area contributed by atoms with E-state index in [9.17, 15) is 19.2 Å². The lowest BCUT2D eigenvalue weighted by Gasteiger charge is -2.43. The third kappa shape index (κ3) is 6.37. The summed E-state index contributed by atoms with van der Waals surface area (Å²) in [6, 6.07) is 8.12. The van der Waals surface area contributed by atoms with Gasteiger partial charge >= 0.3 is 6.03 Å². The number of nitrogens with one attached hydrogen (secondary N) is 1. The van der Waals surface area contributed by atoms with Gasteiger partial charge in [-0.3, -0.25) is 19.3 Å². The average Bonchev–Trinajstić information content (AvgIpc) is 2.98. The molecule has 188 valence electrons. The topological polar surface area (TPSA) is 125 Å². The van der Waals surface area contributed by atoms with Crippen molar-refractivity contribution in [1.29, 1.82) is 0 Å². The molecule has 2 heterocycles. The number of fused-ring (bicyclic) bond motifs is 1. The summed E-state index contributed by atoms with van der Waals surface area (Å²) in [7, 11) is 1.43. The van der Waals surface area contributed by atoms with E-state index in [0.717, 1.165) is 10.5 Å². The van der Waals surface area contributed by atoms with E-state index in [-0.39, 0.29) is 50.7 Å². The molecule has 0 radical (unpaired) electrons. The SMILES string of the molecule is CN1C(=O)N2CCN(C(=O)[C@@H](COCc3ccccc3)NC(=O)C(C)(C)N)C[C@@]2(C)C1=O.II. The molecule has 2 aliphatic rings. The maximum Gasteiger partial charge on any atom is 0.327 e. The highest BCUT2D eigenvalue weighted by Crippen LogP contribution is 2.31. The lowest BCUT2D eigenvalue weighted by molar-refractivity contribution is -0.145. The number of nitrogens with zero attached hydrogens (tertiary/aromatic N) is 3. The fraction of sp³-hybridized carbons (Fsp3) is 0.545. The van der Waals surface area contributed by atoms with Crippen molar-refractivity contribution in [3.8, 4) is 0 Å². The Morgan fingerprint density at radius 3 is 2.41 bits per heavy atom. The number of rotatable bonds is 7. The number of hydrogen-bond donors (Lipinski definition) is 2. The number of nitrogens with two attached hydrogens (primary N) is 1. The molecule has 0 aromatic heterocycles. The lowest BCUT2D eigenvalue weighted by atomic mass is 9.96. The number of piperazine rings is 1. The largest absolute Gasteiger partial charge is 0.374 e. The minimum absolute atomic E-state index is 0.0395. The molecule has 3 rings (SSSR count). The molecular weight excluding hydrogens is 668 g/mol. The first kappa shape index (κ1) is 28.7. The number of carbonyl (C=O) groups excluding carboxylic acids is 4. The maximum atomic E-state index is 13.4. The van der Waals surface area contributed by atoms with Gasteiger partial charge in [-0.2, -0.15) is 0 Å². The quantitative estimate of drug-likeness (QED) is 0.330. The standard InChI is InChI=1S/C22H31N5O5.I2/c1-21(2,23)18(29)24-16(13-32-12-15-8-6-5-7-9-15)17(28)26-10-11-27-20(31)25(4)19(30)22(27,3)14-26;1-2/h5-9,16H,10-14,23H2,1-4H3,(H,24,29);/t16-,22+;/m1./s1. The van der Waals surface area contributed by atoms with Crippen molar-refractivity contribution in [2.24, 2.45) is 5.73 Å². The Hall–Kier alpha value is -1.52. The van der Waals surface area contributed by atoms with Crippen LogP contribution in [-0.4, -0.2) is 88.9 Å². The molecule has 0 unspecified atom stereocenters. The molecule has 10 nitrogen and oxygen atoms in total. The smallest absolute Gasteiger partial charge is 0.327 e.